The van der Waals surface area contributed by atoms with Gasteiger partial charge < -0.3 is 4.12 Å². The predicted octanol–water partition coefficient (Wildman–Crippen LogP) is 9.75. The van der Waals surface area contributed by atoms with Crippen molar-refractivity contribution in [3.05, 3.63) is 303 Å². The molecule has 0 saturated heterocycles. The highest BCUT2D eigenvalue weighted by Crippen LogP contribution is 2.34. The molecule has 1 heterocycles. The second kappa shape index (κ2) is 19.2. The number of hydrogen-bond donors (Lipinski definition) is 0. The van der Waals surface area contributed by atoms with E-state index in [9.17, 15) is 0 Å². The first-order valence-electron chi connectivity index (χ1n) is 24.4. The lowest BCUT2D eigenvalue weighted by Crippen LogP contribution is -2.81. The summed E-state index contributed by atoms with van der Waals surface area (Å²) in [5.41, 5.74) is 2.34. The zero-order valence-corrected chi connectivity index (χ0v) is 43.0. The van der Waals surface area contributed by atoms with Crippen LogP contribution in [0, 0.1) is 0 Å². The Morgan fingerprint density at radius 1 is 0.254 bits per heavy atom. The van der Waals surface area contributed by atoms with E-state index in [0.717, 1.165) is 5.56 Å². The van der Waals surface area contributed by atoms with Crippen LogP contribution in [0.3, 0.4) is 0 Å². The Labute approximate surface area is 423 Å². The minimum absolute atomic E-state index is 1.16. The Morgan fingerprint density at radius 3 is 1.03 bits per heavy atom. The summed E-state index contributed by atoms with van der Waals surface area (Å²) in [5.74, 6) is 0. The zero-order chi connectivity index (χ0) is 47.5. The fraction of sp³-hybridized carbons (Fsp3) is 0. The third-order valence-electron chi connectivity index (χ3n) is 14.3. The second-order valence-corrected chi connectivity index (χ2v) is 30.0. The number of hydrogen-bond acceptors (Lipinski definition) is 2. The van der Waals surface area contributed by atoms with Crippen LogP contribution in [0.1, 0.15) is 0 Å². The van der Waals surface area contributed by atoms with E-state index in [4.69, 9.17) is 4.12 Å². The van der Waals surface area contributed by atoms with Gasteiger partial charge in [0.05, 0.1) is 0 Å². The Morgan fingerprint density at radius 2 is 0.577 bits per heavy atom. The molecule has 12 aromatic rings. The summed E-state index contributed by atoms with van der Waals surface area (Å²) in [4.78, 5) is 0. The molecule has 0 amide bonds. The van der Waals surface area contributed by atoms with Crippen molar-refractivity contribution in [1.82, 2.24) is 0 Å². The fourth-order valence-electron chi connectivity index (χ4n) is 11.2. The lowest BCUT2D eigenvalue weighted by atomic mass is 10.1. The molecular formula is C66H50OSSi3. The normalized spacial score (nSPS) is 12.0. The van der Waals surface area contributed by atoms with Crippen LogP contribution in [0.25, 0.3) is 31.3 Å². The minimum Gasteiger partial charge on any atom is -0.435 e. The van der Waals surface area contributed by atoms with E-state index in [1.807, 2.05) is 11.3 Å². The standard InChI is InChI=1S/C66H50OSSi3/c1-8-29-53(30-9-1)69(54-31-10-2-11-32-54,65-48-26-46-63-62-45-22-23-47-64(62)68-66(63)65)60-43-24-27-51(49-60)52-28-25-44-61(50-52)71(58-39-18-6-19-40-58,59-41-20-7-21-42-59)67-70(55-33-12-3-13-34-55,56-35-14-4-15-36-56)57-37-16-5-17-38-57/h1-50H. The van der Waals surface area contributed by atoms with Crippen molar-refractivity contribution in [3.63, 3.8) is 0 Å². The van der Waals surface area contributed by atoms with Gasteiger partial charge in [0.1, 0.15) is 0 Å². The van der Waals surface area contributed by atoms with Gasteiger partial charge in [-0.25, -0.2) is 0 Å². The highest BCUT2D eigenvalue weighted by molar-refractivity contribution is 7.30. The third kappa shape index (κ3) is 7.71. The number of benzene rings is 11. The molecule has 71 heavy (non-hydrogen) atoms. The first kappa shape index (κ1) is 44.5. The molecule has 11 aromatic carbocycles. The van der Waals surface area contributed by atoms with Crippen LogP contribution >= 0.6 is 11.3 Å². The molecule has 0 spiro atoms. The van der Waals surface area contributed by atoms with Crippen molar-refractivity contribution in [2.24, 2.45) is 0 Å². The van der Waals surface area contributed by atoms with Gasteiger partial charge in [-0.15, -0.1) is 11.3 Å². The molecule has 0 fully saturated rings. The maximum absolute atomic E-state index is 8.74. The van der Waals surface area contributed by atoms with E-state index in [2.05, 4.69) is 303 Å². The van der Waals surface area contributed by atoms with Gasteiger partial charge in [0.15, 0.2) is 8.07 Å². The van der Waals surface area contributed by atoms with Crippen molar-refractivity contribution in [2.45, 2.75) is 0 Å². The Balaban J connectivity index is 1.12. The lowest BCUT2D eigenvalue weighted by molar-refractivity contribution is 0.600. The number of rotatable bonds is 13. The highest BCUT2D eigenvalue weighted by atomic mass is 32.1. The molecule has 0 aliphatic heterocycles. The smallest absolute Gasteiger partial charge is 0.278 e. The Hall–Kier alpha value is -7.75. The summed E-state index contributed by atoms with van der Waals surface area (Å²) in [6.45, 7) is 0. The van der Waals surface area contributed by atoms with E-state index in [-0.39, 0.29) is 0 Å². The van der Waals surface area contributed by atoms with Crippen LogP contribution in [0.5, 0.6) is 0 Å². The van der Waals surface area contributed by atoms with Crippen molar-refractivity contribution >= 4 is 108 Å². The Bertz CT molecular complexity index is 3550. The summed E-state index contributed by atoms with van der Waals surface area (Å²) < 4.78 is 11.4. The van der Waals surface area contributed by atoms with E-state index >= 15 is 0 Å². The molecule has 0 aliphatic rings. The molecule has 5 heteroatoms. The predicted molar refractivity (Wildman–Crippen MR) is 311 cm³/mol. The highest BCUT2D eigenvalue weighted by Gasteiger charge is 2.53. The summed E-state index contributed by atoms with van der Waals surface area (Å²) >= 11 is 1.93. The summed E-state index contributed by atoms with van der Waals surface area (Å²) in [7, 11) is -9.76. The van der Waals surface area contributed by atoms with Crippen molar-refractivity contribution in [2.75, 3.05) is 0 Å². The van der Waals surface area contributed by atoms with E-state index < -0.39 is 24.7 Å². The average Bonchev–Trinajstić information content (AvgIpc) is 3.85. The average molecular weight is 975 g/mol. The molecule has 1 nitrogen and oxygen atoms in total. The van der Waals surface area contributed by atoms with Gasteiger partial charge in [0, 0.05) is 20.2 Å². The second-order valence-electron chi connectivity index (χ2n) is 18.2. The molecule has 0 radical (unpaired) electrons. The van der Waals surface area contributed by atoms with Gasteiger partial charge in [-0.3, -0.25) is 0 Å². The van der Waals surface area contributed by atoms with Gasteiger partial charge >= 0.3 is 0 Å². The van der Waals surface area contributed by atoms with E-state index in [0.29, 0.717) is 0 Å². The molecule has 12 rings (SSSR count). The maximum atomic E-state index is 8.74. The molecular weight excluding hydrogens is 925 g/mol. The van der Waals surface area contributed by atoms with Crippen molar-refractivity contribution in [1.29, 1.82) is 0 Å². The van der Waals surface area contributed by atoms with Crippen LogP contribution < -0.4 is 51.9 Å². The van der Waals surface area contributed by atoms with Crippen LogP contribution in [0.4, 0.5) is 0 Å². The SMILES string of the molecule is c1ccc([Si](O[Si](c2ccccc2)(c2ccccc2)c2cccc(-c3cccc([Si](c4ccccc4)(c4ccccc4)c4cccc5c4sc4ccccc45)c3)c2)(c2ccccc2)c2ccccc2)cc1. The maximum Gasteiger partial charge on any atom is 0.278 e. The molecule has 1 aromatic heterocycles. The quantitative estimate of drug-likeness (QED) is 0.0827. The van der Waals surface area contributed by atoms with Crippen LogP contribution in [-0.2, 0) is 4.12 Å². The van der Waals surface area contributed by atoms with Crippen LogP contribution in [0.15, 0.2) is 303 Å². The van der Waals surface area contributed by atoms with Gasteiger partial charge in [-0.1, -0.05) is 297 Å². The van der Waals surface area contributed by atoms with Crippen LogP contribution in [-0.4, -0.2) is 24.7 Å². The molecule has 0 atom stereocenters. The van der Waals surface area contributed by atoms with Crippen molar-refractivity contribution < 1.29 is 4.12 Å². The summed E-state index contributed by atoms with van der Waals surface area (Å²) in [6.07, 6.45) is 0. The topological polar surface area (TPSA) is 9.23 Å². The van der Waals surface area contributed by atoms with Gasteiger partial charge in [0.25, 0.3) is 16.6 Å². The first-order valence-corrected chi connectivity index (χ1v) is 31.0. The molecule has 0 unspecified atom stereocenters. The fourth-order valence-corrected chi connectivity index (χ4v) is 28.4. The lowest BCUT2D eigenvalue weighted by Gasteiger charge is -2.44. The number of thiophene rings is 1. The van der Waals surface area contributed by atoms with Crippen LogP contribution in [0.2, 0.25) is 0 Å². The zero-order valence-electron chi connectivity index (χ0n) is 39.2. The van der Waals surface area contributed by atoms with Gasteiger partial charge in [-0.05, 0) is 69.1 Å². The molecule has 0 aliphatic carbocycles. The molecule has 338 valence electrons. The Kier molecular flexibility index (Phi) is 12.0. The summed E-state index contributed by atoms with van der Waals surface area (Å²) in [5, 5.41) is 15.3. The molecule has 0 N–H and O–H groups in total. The summed E-state index contributed by atoms with van der Waals surface area (Å²) in [6, 6.07) is 113. The van der Waals surface area contributed by atoms with Gasteiger partial charge in [0.2, 0.25) is 0 Å². The van der Waals surface area contributed by atoms with E-state index in [1.54, 1.807) is 0 Å². The largest absolute Gasteiger partial charge is 0.435 e. The molecule has 0 saturated carbocycles. The third-order valence-corrected chi connectivity index (χ3v) is 29.8. The number of fused-ring (bicyclic) bond motifs is 3. The minimum atomic E-state index is -3.46. The van der Waals surface area contributed by atoms with Gasteiger partial charge in [-0.2, -0.15) is 0 Å². The monoisotopic (exact) mass is 974 g/mol. The first-order chi connectivity index (χ1) is 35.2. The van der Waals surface area contributed by atoms with Crippen molar-refractivity contribution in [3.8, 4) is 11.1 Å². The molecule has 0 bridgehead atoms. The van der Waals surface area contributed by atoms with E-state index in [1.165, 1.54) is 77.6 Å².